The average molecular weight is 295 g/mol. The van der Waals surface area contributed by atoms with Crippen molar-refractivity contribution in [1.82, 2.24) is 9.97 Å². The van der Waals surface area contributed by atoms with Crippen molar-refractivity contribution in [1.29, 1.82) is 0 Å². The van der Waals surface area contributed by atoms with E-state index in [0.29, 0.717) is 10.6 Å². The van der Waals surface area contributed by atoms with Crippen molar-refractivity contribution in [2.45, 2.75) is 0 Å². The molecule has 0 aliphatic rings. The number of nitrogens with zero attached hydrogens (tertiary/aromatic N) is 2. The molecule has 0 amide bonds. The first-order valence-electron chi connectivity index (χ1n) is 6.41. The smallest absolute Gasteiger partial charge is 0.151 e. The van der Waals surface area contributed by atoms with E-state index < -0.39 is 0 Å². The van der Waals surface area contributed by atoms with E-state index in [2.05, 4.69) is 9.97 Å². The molecule has 21 heavy (non-hydrogen) atoms. The number of carbonyl (C=O) groups excluding carboxylic acids is 1. The summed E-state index contributed by atoms with van der Waals surface area (Å²) >= 11 is 6.06. The number of benzene rings is 1. The Morgan fingerprint density at radius 3 is 2.43 bits per heavy atom. The van der Waals surface area contributed by atoms with E-state index >= 15 is 0 Å². The normalized spacial score (nSPS) is 10.3. The number of rotatable bonds is 3. The van der Waals surface area contributed by atoms with Crippen molar-refractivity contribution in [2.24, 2.45) is 0 Å². The van der Waals surface area contributed by atoms with Crippen LogP contribution in [-0.2, 0) is 0 Å². The van der Waals surface area contributed by atoms with Gasteiger partial charge in [0, 0.05) is 17.3 Å². The summed E-state index contributed by atoms with van der Waals surface area (Å²) in [6.07, 6.45) is 2.48. The van der Waals surface area contributed by atoms with Crippen LogP contribution in [0.15, 0.2) is 60.8 Å². The molecule has 0 aliphatic heterocycles. The zero-order valence-electron chi connectivity index (χ0n) is 11.0. The summed E-state index contributed by atoms with van der Waals surface area (Å²) < 4.78 is 0. The van der Waals surface area contributed by atoms with Gasteiger partial charge in [-0.25, -0.2) is 4.98 Å². The highest BCUT2D eigenvalue weighted by Gasteiger charge is 2.06. The van der Waals surface area contributed by atoms with Crippen molar-refractivity contribution in [2.75, 3.05) is 0 Å². The molecule has 0 aliphatic carbocycles. The van der Waals surface area contributed by atoms with Crippen LogP contribution in [0, 0.1) is 0 Å². The minimum atomic E-state index is 0.424. The van der Waals surface area contributed by atoms with Crippen LogP contribution in [0.1, 0.15) is 10.4 Å². The largest absolute Gasteiger partial charge is 0.298 e. The molecule has 0 saturated heterocycles. The first kappa shape index (κ1) is 13.5. The molecule has 3 rings (SSSR count). The van der Waals surface area contributed by atoms with Gasteiger partial charge in [0.05, 0.1) is 22.1 Å². The number of carbonyl (C=O) groups is 1. The fourth-order valence-corrected chi connectivity index (χ4v) is 2.26. The summed E-state index contributed by atoms with van der Waals surface area (Å²) in [5, 5.41) is 0.424. The quantitative estimate of drug-likeness (QED) is 0.677. The second-order valence-electron chi connectivity index (χ2n) is 4.48. The van der Waals surface area contributed by atoms with Crippen molar-refractivity contribution in [3.05, 3.63) is 71.4 Å². The lowest BCUT2D eigenvalue weighted by Gasteiger charge is -2.05. The van der Waals surface area contributed by atoms with Crippen LogP contribution in [0.3, 0.4) is 0 Å². The van der Waals surface area contributed by atoms with E-state index in [-0.39, 0.29) is 0 Å². The van der Waals surface area contributed by atoms with Crippen molar-refractivity contribution >= 4 is 17.9 Å². The maximum Gasteiger partial charge on any atom is 0.151 e. The van der Waals surface area contributed by atoms with Gasteiger partial charge in [0.15, 0.2) is 6.29 Å². The van der Waals surface area contributed by atoms with Crippen molar-refractivity contribution in [3.63, 3.8) is 0 Å². The van der Waals surface area contributed by atoms with Crippen LogP contribution in [0.4, 0.5) is 0 Å². The Bertz CT molecular complexity index is 788. The van der Waals surface area contributed by atoms with Gasteiger partial charge in [-0.3, -0.25) is 9.78 Å². The second kappa shape index (κ2) is 5.85. The summed E-state index contributed by atoms with van der Waals surface area (Å²) in [6.45, 7) is 0. The zero-order chi connectivity index (χ0) is 14.7. The van der Waals surface area contributed by atoms with Gasteiger partial charge in [-0.1, -0.05) is 29.8 Å². The van der Waals surface area contributed by atoms with Crippen molar-refractivity contribution < 1.29 is 4.79 Å². The third kappa shape index (κ3) is 2.83. The Morgan fingerprint density at radius 1 is 0.905 bits per heavy atom. The van der Waals surface area contributed by atoms with Gasteiger partial charge >= 0.3 is 0 Å². The lowest BCUT2D eigenvalue weighted by atomic mass is 10.1. The minimum Gasteiger partial charge on any atom is -0.298 e. The molecule has 4 heteroatoms. The van der Waals surface area contributed by atoms with E-state index in [0.717, 1.165) is 28.9 Å². The standard InChI is InChI=1S/C17H11ClN2O/c18-14-10-12(7-8-13(14)11-21)15-5-3-6-17(20-15)16-4-1-2-9-19-16/h1-11H. The first-order chi connectivity index (χ1) is 10.3. The third-order valence-corrected chi connectivity index (χ3v) is 3.43. The number of pyridine rings is 2. The van der Waals surface area contributed by atoms with Crippen LogP contribution in [0.25, 0.3) is 22.6 Å². The van der Waals surface area contributed by atoms with Gasteiger partial charge in [0.25, 0.3) is 0 Å². The molecular formula is C17H11ClN2O. The molecule has 102 valence electrons. The fourth-order valence-electron chi connectivity index (χ4n) is 2.03. The molecule has 0 N–H and O–H groups in total. The molecule has 0 saturated carbocycles. The molecule has 0 atom stereocenters. The SMILES string of the molecule is O=Cc1ccc(-c2cccc(-c3ccccn3)n2)cc1Cl. The van der Waals surface area contributed by atoms with Crippen LogP contribution in [0.2, 0.25) is 5.02 Å². The van der Waals surface area contributed by atoms with Gasteiger partial charge in [-0.15, -0.1) is 0 Å². The number of hydrogen-bond acceptors (Lipinski definition) is 3. The maximum atomic E-state index is 10.8. The monoisotopic (exact) mass is 294 g/mol. The number of hydrogen-bond donors (Lipinski definition) is 0. The number of aromatic nitrogens is 2. The Labute approximate surface area is 127 Å². The lowest BCUT2D eigenvalue weighted by molar-refractivity contribution is 0.112. The molecule has 1 aromatic carbocycles. The summed E-state index contributed by atoms with van der Waals surface area (Å²) in [7, 11) is 0. The fraction of sp³-hybridized carbons (Fsp3) is 0. The number of aldehydes is 1. The molecule has 0 bridgehead atoms. The van der Waals surface area contributed by atoms with Gasteiger partial charge in [-0.2, -0.15) is 0 Å². The highest BCUT2D eigenvalue weighted by Crippen LogP contribution is 2.25. The van der Waals surface area contributed by atoms with Gasteiger partial charge < -0.3 is 0 Å². The zero-order valence-corrected chi connectivity index (χ0v) is 11.8. The minimum absolute atomic E-state index is 0.424. The van der Waals surface area contributed by atoms with Crippen LogP contribution < -0.4 is 0 Å². The predicted molar refractivity (Wildman–Crippen MR) is 83.3 cm³/mol. The van der Waals surface area contributed by atoms with Crippen LogP contribution >= 0.6 is 11.6 Å². The van der Waals surface area contributed by atoms with E-state index in [4.69, 9.17) is 11.6 Å². The van der Waals surface area contributed by atoms with Crippen LogP contribution in [0.5, 0.6) is 0 Å². The molecule has 3 aromatic rings. The average Bonchev–Trinajstić information content (AvgIpc) is 2.56. The molecule has 2 aromatic heterocycles. The first-order valence-corrected chi connectivity index (χ1v) is 6.79. The van der Waals surface area contributed by atoms with E-state index in [1.54, 1.807) is 18.3 Å². The Hall–Kier alpha value is -2.52. The highest BCUT2D eigenvalue weighted by molar-refractivity contribution is 6.33. The predicted octanol–water partition coefficient (Wildman–Crippen LogP) is 4.28. The van der Waals surface area contributed by atoms with E-state index in [1.807, 2.05) is 42.5 Å². The summed E-state index contributed by atoms with van der Waals surface area (Å²) in [4.78, 5) is 19.7. The molecule has 0 spiro atoms. The van der Waals surface area contributed by atoms with Gasteiger partial charge in [-0.05, 0) is 36.4 Å². The highest BCUT2D eigenvalue weighted by atomic mass is 35.5. The number of halogens is 1. The molecule has 0 radical (unpaired) electrons. The molecular weight excluding hydrogens is 284 g/mol. The van der Waals surface area contributed by atoms with Crippen molar-refractivity contribution in [3.8, 4) is 22.6 Å². The summed E-state index contributed by atoms with van der Waals surface area (Å²) in [5.74, 6) is 0. The topological polar surface area (TPSA) is 42.9 Å². The Kier molecular flexibility index (Phi) is 3.75. The lowest BCUT2D eigenvalue weighted by Crippen LogP contribution is -1.90. The maximum absolute atomic E-state index is 10.8. The summed E-state index contributed by atoms with van der Waals surface area (Å²) in [5.41, 5.74) is 3.74. The summed E-state index contributed by atoms with van der Waals surface area (Å²) in [6, 6.07) is 16.7. The van der Waals surface area contributed by atoms with Crippen LogP contribution in [-0.4, -0.2) is 16.3 Å². The van der Waals surface area contributed by atoms with E-state index in [1.165, 1.54) is 0 Å². The van der Waals surface area contributed by atoms with Gasteiger partial charge in [0.1, 0.15) is 0 Å². The second-order valence-corrected chi connectivity index (χ2v) is 4.88. The molecule has 2 heterocycles. The van der Waals surface area contributed by atoms with E-state index in [9.17, 15) is 4.79 Å². The third-order valence-electron chi connectivity index (χ3n) is 3.10. The van der Waals surface area contributed by atoms with Gasteiger partial charge in [0.2, 0.25) is 0 Å². The Balaban J connectivity index is 2.04. The molecule has 0 unspecified atom stereocenters. The molecule has 3 nitrogen and oxygen atoms in total. The Morgan fingerprint density at radius 2 is 1.71 bits per heavy atom. The molecule has 0 fully saturated rings.